The summed E-state index contributed by atoms with van der Waals surface area (Å²) in [5.74, 6) is -1.75. The lowest BCUT2D eigenvalue weighted by Crippen LogP contribution is -2.58. The average molecular weight is 587 g/mol. The molecule has 42 heavy (non-hydrogen) atoms. The SMILES string of the molecule is CCO[C@H]1O[C@@H]2[C@H](O)C(C)=C[C@H]3C(=O)O[C@H]4C[C@@H](C/C=C(/C)C[C@@H](C)/C=C\C=C1[C@]23O)O[C@@]1(CC[C@H](C)[C@@H](CC)O1)C4. The number of hydrogen-bond donors (Lipinski definition) is 2. The Morgan fingerprint density at radius 1 is 1.14 bits per heavy atom. The van der Waals surface area contributed by atoms with E-state index in [0.717, 1.165) is 25.7 Å². The van der Waals surface area contributed by atoms with Gasteiger partial charge in [0.1, 0.15) is 29.8 Å². The van der Waals surface area contributed by atoms with Gasteiger partial charge in [-0.1, -0.05) is 56.7 Å². The highest BCUT2D eigenvalue weighted by molar-refractivity contribution is 5.78. The fourth-order valence-corrected chi connectivity index (χ4v) is 7.55. The van der Waals surface area contributed by atoms with Crippen LogP contribution in [0.5, 0.6) is 0 Å². The van der Waals surface area contributed by atoms with E-state index in [0.29, 0.717) is 42.9 Å². The van der Waals surface area contributed by atoms with Gasteiger partial charge < -0.3 is 33.9 Å². The molecule has 0 saturated carbocycles. The molecule has 4 aliphatic heterocycles. The molecule has 5 rings (SSSR count). The first-order chi connectivity index (χ1) is 20.0. The molecule has 0 aromatic heterocycles. The van der Waals surface area contributed by atoms with Gasteiger partial charge in [-0.3, -0.25) is 4.79 Å². The third-order valence-electron chi connectivity index (χ3n) is 9.85. The van der Waals surface area contributed by atoms with Crippen LogP contribution in [-0.4, -0.2) is 71.0 Å². The molecule has 8 nitrogen and oxygen atoms in total. The van der Waals surface area contributed by atoms with Gasteiger partial charge in [0.25, 0.3) is 0 Å². The molecule has 0 unspecified atom stereocenters. The predicted molar refractivity (Wildman–Crippen MR) is 158 cm³/mol. The van der Waals surface area contributed by atoms with Gasteiger partial charge in [-0.2, -0.15) is 0 Å². The van der Waals surface area contributed by atoms with Crippen molar-refractivity contribution in [2.75, 3.05) is 6.61 Å². The number of hydrogen-bond acceptors (Lipinski definition) is 8. The number of carbonyl (C=O) groups excluding carboxylic acids is 1. The van der Waals surface area contributed by atoms with Crippen molar-refractivity contribution < 1.29 is 38.7 Å². The molecule has 234 valence electrons. The van der Waals surface area contributed by atoms with Crippen LogP contribution in [0.1, 0.15) is 86.5 Å². The maximum atomic E-state index is 14.1. The number of rotatable bonds is 3. The zero-order valence-corrected chi connectivity index (χ0v) is 26.1. The van der Waals surface area contributed by atoms with Crippen molar-refractivity contribution in [3.05, 3.63) is 47.1 Å². The molecule has 3 saturated heterocycles. The summed E-state index contributed by atoms with van der Waals surface area (Å²) in [4.78, 5) is 14.1. The molecule has 2 bridgehead atoms. The van der Waals surface area contributed by atoms with Crippen molar-refractivity contribution in [3.63, 3.8) is 0 Å². The second-order valence-corrected chi connectivity index (χ2v) is 13.2. The van der Waals surface area contributed by atoms with Gasteiger partial charge >= 0.3 is 5.97 Å². The quantitative estimate of drug-likeness (QED) is 0.340. The van der Waals surface area contributed by atoms with Crippen molar-refractivity contribution in [3.8, 4) is 0 Å². The van der Waals surface area contributed by atoms with Crippen molar-refractivity contribution in [2.45, 2.75) is 135 Å². The first-order valence-corrected chi connectivity index (χ1v) is 16.0. The number of carbonyl (C=O) groups is 1. The third kappa shape index (κ3) is 6.08. The van der Waals surface area contributed by atoms with E-state index in [1.54, 1.807) is 19.1 Å². The van der Waals surface area contributed by atoms with Crippen LogP contribution >= 0.6 is 0 Å². The van der Waals surface area contributed by atoms with Crippen LogP contribution in [0.4, 0.5) is 0 Å². The zero-order chi connectivity index (χ0) is 30.2. The first-order valence-electron chi connectivity index (χ1n) is 16.0. The lowest BCUT2D eigenvalue weighted by atomic mass is 9.70. The number of aliphatic hydroxyl groups excluding tert-OH is 1. The Morgan fingerprint density at radius 3 is 2.67 bits per heavy atom. The number of allylic oxidation sites excluding steroid dienone is 4. The van der Waals surface area contributed by atoms with Gasteiger partial charge in [-0.25, -0.2) is 0 Å². The lowest BCUT2D eigenvalue weighted by molar-refractivity contribution is -0.335. The molecule has 0 radical (unpaired) electrons. The normalized spacial score (nSPS) is 46.6. The fraction of sp³-hybridized carbons (Fsp3) is 0.735. The maximum Gasteiger partial charge on any atom is 0.316 e. The van der Waals surface area contributed by atoms with Crippen LogP contribution in [0, 0.1) is 17.8 Å². The molecule has 4 heterocycles. The number of esters is 1. The molecule has 11 atom stereocenters. The van der Waals surface area contributed by atoms with Crippen LogP contribution < -0.4 is 0 Å². The average Bonchev–Trinajstić information content (AvgIpc) is 3.22. The van der Waals surface area contributed by atoms with E-state index in [2.05, 4.69) is 39.8 Å². The summed E-state index contributed by atoms with van der Waals surface area (Å²) in [7, 11) is 0. The Hall–Kier alpha value is -1.81. The van der Waals surface area contributed by atoms with Gasteiger partial charge in [0.2, 0.25) is 0 Å². The minimum Gasteiger partial charge on any atom is -0.462 e. The maximum absolute atomic E-state index is 14.1. The van der Waals surface area contributed by atoms with Crippen molar-refractivity contribution >= 4 is 5.97 Å². The topological polar surface area (TPSA) is 104 Å². The van der Waals surface area contributed by atoms with E-state index in [4.69, 9.17) is 23.7 Å². The molecule has 1 aliphatic carbocycles. The summed E-state index contributed by atoms with van der Waals surface area (Å²) in [6.45, 7) is 12.6. The molecule has 3 fully saturated rings. The Morgan fingerprint density at radius 2 is 1.93 bits per heavy atom. The summed E-state index contributed by atoms with van der Waals surface area (Å²) in [6, 6.07) is 0. The Kier molecular flexibility index (Phi) is 9.53. The molecule has 5 aliphatic rings. The van der Waals surface area contributed by atoms with Crippen LogP contribution in [0.2, 0.25) is 0 Å². The van der Waals surface area contributed by atoms with Gasteiger partial charge in [-0.05, 0) is 63.9 Å². The van der Waals surface area contributed by atoms with Crippen LogP contribution in [0.25, 0.3) is 0 Å². The van der Waals surface area contributed by atoms with Gasteiger partial charge in [-0.15, -0.1) is 0 Å². The largest absolute Gasteiger partial charge is 0.462 e. The van der Waals surface area contributed by atoms with E-state index >= 15 is 0 Å². The molecule has 1 spiro atoms. The molecule has 0 aromatic rings. The van der Waals surface area contributed by atoms with E-state index < -0.39 is 47.9 Å². The van der Waals surface area contributed by atoms with Crippen molar-refractivity contribution in [1.29, 1.82) is 0 Å². The number of fused-ring (bicyclic) bond motifs is 2. The Labute approximate surface area is 250 Å². The van der Waals surface area contributed by atoms with E-state index in [1.165, 1.54) is 5.57 Å². The predicted octanol–water partition coefficient (Wildman–Crippen LogP) is 5.29. The molecular formula is C34H50O8. The van der Waals surface area contributed by atoms with Crippen LogP contribution in [-0.2, 0) is 28.5 Å². The summed E-state index contributed by atoms with van der Waals surface area (Å²) in [6.07, 6.45) is 11.3. The van der Waals surface area contributed by atoms with Crippen molar-refractivity contribution in [1.82, 2.24) is 0 Å². The summed E-state index contributed by atoms with van der Waals surface area (Å²) in [5, 5.41) is 23.4. The summed E-state index contributed by atoms with van der Waals surface area (Å²) < 4.78 is 31.6. The Bertz CT molecular complexity index is 1120. The number of aliphatic hydroxyl groups is 2. The molecular weight excluding hydrogens is 536 g/mol. The van der Waals surface area contributed by atoms with E-state index in [9.17, 15) is 15.0 Å². The third-order valence-corrected chi connectivity index (χ3v) is 9.85. The van der Waals surface area contributed by atoms with Crippen LogP contribution in [0.3, 0.4) is 0 Å². The second-order valence-electron chi connectivity index (χ2n) is 13.2. The standard InChI is InChI=1S/C34H50O8/c1-7-28-22(5)14-15-33(42-28)19-25-18-24(41-33)13-12-21(4)16-20(3)10-9-11-26-32(38-8-2)40-30-29(35)23(6)17-27(31(36)39-25)34(26,30)37/h9-12,17,20,22,24-25,27-30,32,35,37H,7-8,13-16,18-19H2,1-6H3/b10-9-,21-12-,26-11?/t20-,22-,24+,25-,27-,28+,29+,30+,32-,33+,34+/m0/s1. The van der Waals surface area contributed by atoms with Crippen molar-refractivity contribution in [2.24, 2.45) is 17.8 Å². The van der Waals surface area contributed by atoms with Gasteiger partial charge in [0, 0.05) is 31.4 Å². The molecule has 8 heteroatoms. The first kappa shape index (κ1) is 31.6. The minimum absolute atomic E-state index is 0.0855. The second kappa shape index (κ2) is 12.7. The Balaban J connectivity index is 1.54. The van der Waals surface area contributed by atoms with E-state index in [1.807, 2.05) is 13.0 Å². The molecule has 0 amide bonds. The summed E-state index contributed by atoms with van der Waals surface area (Å²) >= 11 is 0. The molecule has 2 N–H and O–H groups in total. The molecule has 0 aromatic carbocycles. The highest BCUT2D eigenvalue weighted by Gasteiger charge is 2.63. The number of ether oxygens (including phenoxy) is 5. The zero-order valence-electron chi connectivity index (χ0n) is 26.1. The smallest absolute Gasteiger partial charge is 0.316 e. The van der Waals surface area contributed by atoms with Crippen LogP contribution in [0.15, 0.2) is 47.1 Å². The fourth-order valence-electron chi connectivity index (χ4n) is 7.55. The van der Waals surface area contributed by atoms with Gasteiger partial charge in [0.15, 0.2) is 12.1 Å². The highest BCUT2D eigenvalue weighted by Crippen LogP contribution is 2.49. The summed E-state index contributed by atoms with van der Waals surface area (Å²) in [5.41, 5.74) is 0.403. The lowest BCUT2D eigenvalue weighted by Gasteiger charge is -2.50. The monoisotopic (exact) mass is 586 g/mol. The van der Waals surface area contributed by atoms with Gasteiger partial charge in [0.05, 0.1) is 12.2 Å². The highest BCUT2D eigenvalue weighted by atomic mass is 16.7. The van der Waals surface area contributed by atoms with E-state index in [-0.39, 0.29) is 18.1 Å². The minimum atomic E-state index is -1.83.